The van der Waals surface area contributed by atoms with Crippen molar-refractivity contribution >= 4 is 12.3 Å². The number of nitrogens with zero attached hydrogens (tertiary/aromatic N) is 1. The van der Waals surface area contributed by atoms with E-state index >= 15 is 0 Å². The molecule has 0 bridgehead atoms. The van der Waals surface area contributed by atoms with Gasteiger partial charge in [0.05, 0.1) is 0 Å². The van der Waals surface area contributed by atoms with Crippen LogP contribution in [-0.4, -0.2) is 24.3 Å². The van der Waals surface area contributed by atoms with Crippen LogP contribution in [0.4, 0.5) is 0 Å². The van der Waals surface area contributed by atoms with Crippen LogP contribution < -0.4 is 0 Å². The zero-order valence-corrected chi connectivity index (χ0v) is 8.04. The third-order valence-electron chi connectivity index (χ3n) is 1.92. The van der Waals surface area contributed by atoms with E-state index in [0.29, 0.717) is 6.41 Å². The van der Waals surface area contributed by atoms with Crippen molar-refractivity contribution in [2.45, 2.75) is 33.1 Å². The topological polar surface area (TPSA) is 37.4 Å². The zero-order valence-electron chi connectivity index (χ0n) is 8.04. The van der Waals surface area contributed by atoms with Gasteiger partial charge in [-0.15, -0.1) is 0 Å². The van der Waals surface area contributed by atoms with Crippen molar-refractivity contribution in [3.63, 3.8) is 0 Å². The van der Waals surface area contributed by atoms with Gasteiger partial charge in [-0.25, -0.2) is 0 Å². The highest BCUT2D eigenvalue weighted by Crippen LogP contribution is 2.09. The van der Waals surface area contributed by atoms with E-state index in [1.807, 2.05) is 6.92 Å². The molecule has 3 nitrogen and oxygen atoms in total. The highest BCUT2D eigenvalue weighted by molar-refractivity contribution is 5.87. The summed E-state index contributed by atoms with van der Waals surface area (Å²) >= 11 is 0. The van der Waals surface area contributed by atoms with Crippen molar-refractivity contribution in [2.24, 2.45) is 5.92 Å². The molecule has 0 saturated carbocycles. The van der Waals surface area contributed by atoms with Crippen molar-refractivity contribution in [3.05, 3.63) is 0 Å². The summed E-state index contributed by atoms with van der Waals surface area (Å²) < 4.78 is 0. The van der Waals surface area contributed by atoms with Gasteiger partial charge in [0.15, 0.2) is 0 Å². The number of imide groups is 1. The summed E-state index contributed by atoms with van der Waals surface area (Å²) in [5.41, 5.74) is 0. The van der Waals surface area contributed by atoms with Crippen molar-refractivity contribution in [1.29, 1.82) is 0 Å². The monoisotopic (exact) mass is 171 g/mol. The minimum absolute atomic E-state index is 0.0276. The predicted octanol–water partition coefficient (Wildman–Crippen LogP) is 1.43. The molecule has 0 aliphatic carbocycles. The second kappa shape index (κ2) is 5.75. The minimum atomic E-state index is -0.0848. The number of unbranched alkanes of at least 4 members (excludes halogenated alkanes) is 1. The Morgan fingerprint density at radius 3 is 2.58 bits per heavy atom. The van der Waals surface area contributed by atoms with Gasteiger partial charge >= 0.3 is 0 Å². The Hall–Kier alpha value is -0.860. The van der Waals surface area contributed by atoms with Gasteiger partial charge in [0.25, 0.3) is 0 Å². The molecule has 0 saturated heterocycles. The summed E-state index contributed by atoms with van der Waals surface area (Å²) in [5.74, 6) is -0.112. The van der Waals surface area contributed by atoms with Gasteiger partial charge in [-0.1, -0.05) is 26.7 Å². The lowest BCUT2D eigenvalue weighted by Gasteiger charge is -2.14. The van der Waals surface area contributed by atoms with Gasteiger partial charge in [-0.05, 0) is 6.42 Å². The first-order valence-corrected chi connectivity index (χ1v) is 4.35. The Morgan fingerprint density at radius 1 is 1.58 bits per heavy atom. The van der Waals surface area contributed by atoms with Crippen LogP contribution in [0, 0.1) is 5.92 Å². The zero-order chi connectivity index (χ0) is 9.56. The maximum absolute atomic E-state index is 11.3. The molecule has 0 aromatic carbocycles. The molecule has 2 amide bonds. The molecule has 0 heterocycles. The van der Waals surface area contributed by atoms with Crippen molar-refractivity contribution in [1.82, 2.24) is 4.90 Å². The molecule has 0 aromatic rings. The summed E-state index contributed by atoms with van der Waals surface area (Å²) in [5, 5.41) is 0. The number of carbonyl (C=O) groups is 2. The highest BCUT2D eigenvalue weighted by Gasteiger charge is 2.15. The number of hydrogen-bond donors (Lipinski definition) is 0. The van der Waals surface area contributed by atoms with Crippen LogP contribution in [0.5, 0.6) is 0 Å². The van der Waals surface area contributed by atoms with Crippen LogP contribution in [-0.2, 0) is 9.59 Å². The first kappa shape index (κ1) is 11.1. The largest absolute Gasteiger partial charge is 0.288 e. The lowest BCUT2D eigenvalue weighted by atomic mass is 10.0. The van der Waals surface area contributed by atoms with Crippen LogP contribution in [0.1, 0.15) is 33.1 Å². The fourth-order valence-electron chi connectivity index (χ4n) is 1.03. The molecule has 0 rings (SSSR count). The van der Waals surface area contributed by atoms with E-state index < -0.39 is 0 Å². The van der Waals surface area contributed by atoms with E-state index in [4.69, 9.17) is 0 Å². The average molecular weight is 171 g/mol. The van der Waals surface area contributed by atoms with Crippen LogP contribution in [0.15, 0.2) is 0 Å². The number of carbonyl (C=O) groups excluding carboxylic acids is 2. The molecule has 0 aliphatic heterocycles. The smallest absolute Gasteiger partial charge is 0.231 e. The second-order valence-corrected chi connectivity index (χ2v) is 3.10. The number of amides is 2. The minimum Gasteiger partial charge on any atom is -0.288 e. The van der Waals surface area contributed by atoms with Crippen molar-refractivity contribution < 1.29 is 9.59 Å². The van der Waals surface area contributed by atoms with Crippen molar-refractivity contribution in [2.75, 3.05) is 7.05 Å². The summed E-state index contributed by atoms with van der Waals surface area (Å²) in [6, 6.07) is 0. The van der Waals surface area contributed by atoms with E-state index in [9.17, 15) is 9.59 Å². The van der Waals surface area contributed by atoms with Gasteiger partial charge in [-0.3, -0.25) is 14.5 Å². The average Bonchev–Trinajstić information content (AvgIpc) is 2.11. The standard InChI is InChI=1S/C9H17NO2/c1-4-5-6-8(2)9(12)10(3)7-11/h7-8H,4-6H2,1-3H3. The maximum atomic E-state index is 11.3. The fourth-order valence-corrected chi connectivity index (χ4v) is 1.03. The molecule has 0 spiro atoms. The molecule has 1 atom stereocenters. The molecule has 1 unspecified atom stereocenters. The number of rotatable bonds is 5. The molecule has 0 radical (unpaired) electrons. The van der Waals surface area contributed by atoms with E-state index in [-0.39, 0.29) is 11.8 Å². The Morgan fingerprint density at radius 2 is 2.17 bits per heavy atom. The summed E-state index contributed by atoms with van der Waals surface area (Å²) in [6.45, 7) is 3.94. The van der Waals surface area contributed by atoms with Crippen LogP contribution >= 0.6 is 0 Å². The Kier molecular flexibility index (Phi) is 5.34. The maximum Gasteiger partial charge on any atom is 0.231 e. The Labute approximate surface area is 73.7 Å². The van der Waals surface area contributed by atoms with Gasteiger partial charge in [-0.2, -0.15) is 0 Å². The lowest BCUT2D eigenvalue weighted by Crippen LogP contribution is -2.30. The molecule has 12 heavy (non-hydrogen) atoms. The first-order chi connectivity index (χ1) is 5.63. The first-order valence-electron chi connectivity index (χ1n) is 4.35. The Bertz CT molecular complexity index is 157. The van der Waals surface area contributed by atoms with E-state index in [1.54, 1.807) is 0 Å². The van der Waals surface area contributed by atoms with Crippen LogP contribution in [0.3, 0.4) is 0 Å². The van der Waals surface area contributed by atoms with Gasteiger partial charge in [0.2, 0.25) is 12.3 Å². The molecular weight excluding hydrogens is 154 g/mol. The summed E-state index contributed by atoms with van der Waals surface area (Å²) in [7, 11) is 1.50. The molecule has 0 aromatic heterocycles. The van der Waals surface area contributed by atoms with E-state index in [1.165, 1.54) is 7.05 Å². The van der Waals surface area contributed by atoms with E-state index in [2.05, 4.69) is 6.92 Å². The summed E-state index contributed by atoms with van der Waals surface area (Å²) in [4.78, 5) is 22.6. The van der Waals surface area contributed by atoms with Gasteiger partial charge in [0.1, 0.15) is 0 Å². The predicted molar refractivity (Wildman–Crippen MR) is 47.5 cm³/mol. The SMILES string of the molecule is CCCCC(C)C(=O)N(C)C=O. The van der Waals surface area contributed by atoms with Crippen LogP contribution in [0.25, 0.3) is 0 Å². The lowest BCUT2D eigenvalue weighted by molar-refractivity contribution is -0.139. The van der Waals surface area contributed by atoms with Gasteiger partial charge in [0, 0.05) is 13.0 Å². The molecular formula is C9H17NO2. The van der Waals surface area contributed by atoms with Gasteiger partial charge < -0.3 is 0 Å². The van der Waals surface area contributed by atoms with Crippen LogP contribution in [0.2, 0.25) is 0 Å². The molecule has 70 valence electrons. The Balaban J connectivity index is 3.83. The molecule has 3 heteroatoms. The highest BCUT2D eigenvalue weighted by atomic mass is 16.2. The van der Waals surface area contributed by atoms with E-state index in [0.717, 1.165) is 24.2 Å². The third kappa shape index (κ3) is 3.51. The number of hydrogen-bond acceptors (Lipinski definition) is 2. The third-order valence-corrected chi connectivity index (χ3v) is 1.92. The normalized spacial score (nSPS) is 12.2. The second-order valence-electron chi connectivity index (χ2n) is 3.10. The fraction of sp³-hybridized carbons (Fsp3) is 0.778. The molecule has 0 N–H and O–H groups in total. The van der Waals surface area contributed by atoms with Crippen molar-refractivity contribution in [3.8, 4) is 0 Å². The molecule has 0 fully saturated rings. The molecule has 0 aliphatic rings. The quantitative estimate of drug-likeness (QED) is 0.587. The summed E-state index contributed by atoms with van der Waals surface area (Å²) in [6.07, 6.45) is 3.56.